The molecule has 1 aromatic rings. The van der Waals surface area contributed by atoms with Crippen LogP contribution in [0.25, 0.3) is 0 Å². The zero-order chi connectivity index (χ0) is 13.9. The van der Waals surface area contributed by atoms with Gasteiger partial charge in [-0.3, -0.25) is 4.79 Å². The van der Waals surface area contributed by atoms with Crippen LogP contribution in [0.2, 0.25) is 0 Å². The number of benzene rings is 1. The number of carbonyl (C=O) groups is 1. The van der Waals surface area contributed by atoms with E-state index in [-0.39, 0.29) is 5.91 Å². The van der Waals surface area contributed by atoms with Crippen LogP contribution in [0.5, 0.6) is 0 Å². The molecule has 100 valence electrons. The summed E-state index contributed by atoms with van der Waals surface area (Å²) in [6.07, 6.45) is 4.42. The Balaban J connectivity index is 2.23. The summed E-state index contributed by atoms with van der Waals surface area (Å²) in [4.78, 5) is 12.5. The van der Waals surface area contributed by atoms with Gasteiger partial charge in [0.2, 0.25) is 5.91 Å². The highest BCUT2D eigenvalue weighted by molar-refractivity contribution is 5.98. The van der Waals surface area contributed by atoms with E-state index in [1.165, 1.54) is 0 Å². The molecule has 0 atom stereocenters. The number of carbonyl (C=O) groups excluding carboxylic acids is 1. The van der Waals surface area contributed by atoms with Gasteiger partial charge in [-0.05, 0) is 37.8 Å². The Kier molecular flexibility index (Phi) is 3.90. The van der Waals surface area contributed by atoms with Crippen molar-refractivity contribution in [2.24, 2.45) is 5.41 Å². The molecular formula is C16H20N2O. The van der Waals surface area contributed by atoms with Gasteiger partial charge in [0.1, 0.15) is 5.41 Å². The quantitative estimate of drug-likeness (QED) is 0.876. The molecule has 0 spiro atoms. The lowest BCUT2D eigenvalue weighted by atomic mass is 9.74. The topological polar surface area (TPSA) is 52.9 Å². The molecule has 0 heterocycles. The first kappa shape index (κ1) is 13.6. The normalized spacial score (nSPS) is 17.5. The maximum atomic E-state index is 12.5. The molecule has 19 heavy (non-hydrogen) atoms. The third kappa shape index (κ3) is 2.63. The molecule has 1 N–H and O–H groups in total. The lowest BCUT2D eigenvalue weighted by Crippen LogP contribution is -2.37. The highest BCUT2D eigenvalue weighted by atomic mass is 16.2. The zero-order valence-electron chi connectivity index (χ0n) is 11.6. The third-order valence-electron chi connectivity index (χ3n) is 4.08. The van der Waals surface area contributed by atoms with Gasteiger partial charge in [0.05, 0.1) is 6.07 Å². The molecule has 1 fully saturated rings. The minimum Gasteiger partial charge on any atom is -0.324 e. The number of rotatable bonds is 2. The number of amides is 1. The molecule has 1 saturated carbocycles. The van der Waals surface area contributed by atoms with Gasteiger partial charge in [-0.1, -0.05) is 37.5 Å². The first-order chi connectivity index (χ1) is 9.09. The Morgan fingerprint density at radius 1 is 1.21 bits per heavy atom. The van der Waals surface area contributed by atoms with Crippen molar-refractivity contribution >= 4 is 11.6 Å². The van der Waals surface area contributed by atoms with E-state index in [1.54, 1.807) is 0 Å². The van der Waals surface area contributed by atoms with Gasteiger partial charge < -0.3 is 5.32 Å². The van der Waals surface area contributed by atoms with Crippen LogP contribution in [0.4, 0.5) is 5.69 Å². The molecule has 0 saturated heterocycles. The standard InChI is InChI=1S/C16H20N2O/c1-12-7-6-8-13(2)14(12)18-15(19)16(11-17)9-4-3-5-10-16/h6-8H,3-5,9-10H2,1-2H3,(H,18,19). The average Bonchev–Trinajstić information content (AvgIpc) is 2.43. The second-order valence-electron chi connectivity index (χ2n) is 5.48. The van der Waals surface area contributed by atoms with Crippen molar-refractivity contribution < 1.29 is 4.79 Å². The zero-order valence-corrected chi connectivity index (χ0v) is 11.6. The molecule has 3 heteroatoms. The maximum absolute atomic E-state index is 12.5. The lowest BCUT2D eigenvalue weighted by Gasteiger charge is -2.29. The van der Waals surface area contributed by atoms with Gasteiger partial charge in [-0.25, -0.2) is 0 Å². The predicted octanol–water partition coefficient (Wildman–Crippen LogP) is 3.72. The summed E-state index contributed by atoms with van der Waals surface area (Å²) in [6, 6.07) is 8.19. The Morgan fingerprint density at radius 2 is 1.79 bits per heavy atom. The number of para-hydroxylation sites is 1. The van der Waals surface area contributed by atoms with E-state index in [4.69, 9.17) is 0 Å². The Morgan fingerprint density at radius 3 is 2.32 bits per heavy atom. The fourth-order valence-electron chi connectivity index (χ4n) is 2.79. The fourth-order valence-corrected chi connectivity index (χ4v) is 2.79. The second-order valence-corrected chi connectivity index (χ2v) is 5.48. The van der Waals surface area contributed by atoms with E-state index in [0.717, 1.165) is 36.1 Å². The molecular weight excluding hydrogens is 236 g/mol. The summed E-state index contributed by atoms with van der Waals surface area (Å²) >= 11 is 0. The third-order valence-corrected chi connectivity index (χ3v) is 4.08. The number of nitrogens with one attached hydrogen (secondary N) is 1. The highest BCUT2D eigenvalue weighted by Crippen LogP contribution is 2.37. The van der Waals surface area contributed by atoms with Crippen molar-refractivity contribution in [2.75, 3.05) is 5.32 Å². The van der Waals surface area contributed by atoms with Gasteiger partial charge in [-0.2, -0.15) is 5.26 Å². The summed E-state index contributed by atoms with van der Waals surface area (Å²) in [5.74, 6) is -0.132. The van der Waals surface area contributed by atoms with E-state index >= 15 is 0 Å². The summed E-state index contributed by atoms with van der Waals surface area (Å²) in [7, 11) is 0. The maximum Gasteiger partial charge on any atom is 0.244 e. The Hall–Kier alpha value is -1.82. The Labute approximate surface area is 114 Å². The molecule has 1 aromatic carbocycles. The number of nitrogens with zero attached hydrogens (tertiary/aromatic N) is 1. The average molecular weight is 256 g/mol. The molecule has 0 bridgehead atoms. The van der Waals surface area contributed by atoms with E-state index in [9.17, 15) is 10.1 Å². The van der Waals surface area contributed by atoms with Gasteiger partial charge >= 0.3 is 0 Å². The van der Waals surface area contributed by atoms with Crippen molar-refractivity contribution in [1.29, 1.82) is 5.26 Å². The molecule has 0 radical (unpaired) electrons. The monoisotopic (exact) mass is 256 g/mol. The lowest BCUT2D eigenvalue weighted by molar-refractivity contribution is -0.124. The number of hydrogen-bond acceptors (Lipinski definition) is 2. The van der Waals surface area contributed by atoms with E-state index in [1.807, 2.05) is 32.0 Å². The summed E-state index contributed by atoms with van der Waals surface area (Å²) < 4.78 is 0. The minimum atomic E-state index is -0.826. The number of aryl methyl sites for hydroxylation is 2. The highest BCUT2D eigenvalue weighted by Gasteiger charge is 2.40. The molecule has 3 nitrogen and oxygen atoms in total. The molecule has 0 aromatic heterocycles. The molecule has 1 aliphatic rings. The molecule has 1 aliphatic carbocycles. The van der Waals surface area contributed by atoms with Crippen LogP contribution in [-0.2, 0) is 4.79 Å². The van der Waals surface area contributed by atoms with E-state index in [0.29, 0.717) is 12.8 Å². The summed E-state index contributed by atoms with van der Waals surface area (Å²) in [5, 5.41) is 12.4. The smallest absolute Gasteiger partial charge is 0.244 e. The van der Waals surface area contributed by atoms with Crippen LogP contribution in [0, 0.1) is 30.6 Å². The van der Waals surface area contributed by atoms with Crippen molar-refractivity contribution in [3.63, 3.8) is 0 Å². The molecule has 0 aliphatic heterocycles. The number of nitriles is 1. The first-order valence-electron chi connectivity index (χ1n) is 6.88. The number of anilines is 1. The summed E-state index contributed by atoms with van der Waals surface area (Å²) in [5.41, 5.74) is 2.11. The molecule has 1 amide bonds. The molecule has 0 unspecified atom stereocenters. The summed E-state index contributed by atoms with van der Waals surface area (Å²) in [6.45, 7) is 3.95. The predicted molar refractivity (Wildman–Crippen MR) is 75.7 cm³/mol. The fraction of sp³-hybridized carbons (Fsp3) is 0.500. The van der Waals surface area contributed by atoms with Crippen LogP contribution in [-0.4, -0.2) is 5.91 Å². The Bertz CT molecular complexity index is 502. The van der Waals surface area contributed by atoms with Gasteiger partial charge in [-0.15, -0.1) is 0 Å². The number of hydrogen-bond donors (Lipinski definition) is 1. The van der Waals surface area contributed by atoms with Crippen LogP contribution in [0.3, 0.4) is 0 Å². The van der Waals surface area contributed by atoms with Crippen molar-refractivity contribution in [3.05, 3.63) is 29.3 Å². The SMILES string of the molecule is Cc1cccc(C)c1NC(=O)C1(C#N)CCCCC1. The second kappa shape index (κ2) is 5.44. The molecule has 2 rings (SSSR count). The van der Waals surface area contributed by atoms with Crippen LogP contribution < -0.4 is 5.32 Å². The first-order valence-corrected chi connectivity index (χ1v) is 6.88. The largest absolute Gasteiger partial charge is 0.324 e. The van der Waals surface area contributed by atoms with Crippen molar-refractivity contribution in [3.8, 4) is 6.07 Å². The van der Waals surface area contributed by atoms with Gasteiger partial charge in [0.15, 0.2) is 0 Å². The minimum absolute atomic E-state index is 0.132. The van der Waals surface area contributed by atoms with Crippen LogP contribution >= 0.6 is 0 Å². The van der Waals surface area contributed by atoms with Crippen LogP contribution in [0.1, 0.15) is 43.2 Å². The van der Waals surface area contributed by atoms with Crippen molar-refractivity contribution in [2.45, 2.75) is 46.0 Å². The van der Waals surface area contributed by atoms with Gasteiger partial charge in [0.25, 0.3) is 0 Å². The van der Waals surface area contributed by atoms with E-state index in [2.05, 4.69) is 11.4 Å². The van der Waals surface area contributed by atoms with Crippen LogP contribution in [0.15, 0.2) is 18.2 Å². The van der Waals surface area contributed by atoms with Gasteiger partial charge in [0, 0.05) is 5.69 Å². The van der Waals surface area contributed by atoms with Crippen molar-refractivity contribution in [1.82, 2.24) is 0 Å². The van der Waals surface area contributed by atoms with E-state index < -0.39 is 5.41 Å².